The number of nitriles is 1. The quantitative estimate of drug-likeness (QED) is 0.623. The molecule has 10 heteroatoms. The molecule has 1 saturated heterocycles. The van der Waals surface area contributed by atoms with Crippen molar-refractivity contribution in [3.63, 3.8) is 0 Å². The molecule has 0 bridgehead atoms. The molecule has 4 N–H and O–H groups in total. The van der Waals surface area contributed by atoms with Crippen molar-refractivity contribution in [1.82, 2.24) is 20.6 Å². The third kappa shape index (κ3) is 4.68. The molecule has 1 fully saturated rings. The number of aromatic nitrogens is 2. The van der Waals surface area contributed by atoms with Crippen LogP contribution in [0.5, 0.6) is 0 Å². The minimum absolute atomic E-state index is 0.0869. The second kappa shape index (κ2) is 7.84. The number of anilines is 2. The summed E-state index contributed by atoms with van der Waals surface area (Å²) in [5.41, 5.74) is -2.27. The number of alkyl halides is 3. The molecule has 3 heterocycles. The zero-order valence-electron chi connectivity index (χ0n) is 14.5. The molecule has 27 heavy (non-hydrogen) atoms. The zero-order valence-corrected chi connectivity index (χ0v) is 14.5. The molecule has 0 aromatic carbocycles. The smallest absolute Gasteiger partial charge is 0.368 e. The topological polar surface area (TPSA) is 97.7 Å². The first kappa shape index (κ1) is 19.0. The van der Waals surface area contributed by atoms with Crippen molar-refractivity contribution < 1.29 is 13.2 Å². The number of hydrogen-bond acceptors (Lipinski definition) is 7. The monoisotopic (exact) mass is 379 g/mol. The molecular formula is C17H20F3N7. The summed E-state index contributed by atoms with van der Waals surface area (Å²) in [7, 11) is 0. The Bertz CT molecular complexity index is 763. The summed E-state index contributed by atoms with van der Waals surface area (Å²) in [6, 6.07) is 2.11. The lowest BCUT2D eigenvalue weighted by Gasteiger charge is -2.27. The number of rotatable bonds is 5. The van der Waals surface area contributed by atoms with Crippen LogP contribution < -0.4 is 21.3 Å². The number of allylic oxidation sites excluding steroid dienone is 2. The Balaban J connectivity index is 1.80. The lowest BCUT2D eigenvalue weighted by Crippen LogP contribution is -2.48. The van der Waals surface area contributed by atoms with Gasteiger partial charge < -0.3 is 21.3 Å². The molecule has 1 aromatic rings. The van der Waals surface area contributed by atoms with Crippen molar-refractivity contribution in [1.29, 1.82) is 5.26 Å². The molecule has 7 nitrogen and oxygen atoms in total. The van der Waals surface area contributed by atoms with Crippen LogP contribution in [0.25, 0.3) is 0 Å². The third-order valence-electron chi connectivity index (χ3n) is 4.37. The van der Waals surface area contributed by atoms with Gasteiger partial charge in [0.15, 0.2) is 0 Å². The van der Waals surface area contributed by atoms with Crippen LogP contribution in [-0.4, -0.2) is 34.8 Å². The Morgan fingerprint density at radius 2 is 2.19 bits per heavy atom. The number of nitrogens with zero attached hydrogens (tertiary/aromatic N) is 3. The van der Waals surface area contributed by atoms with E-state index in [0.717, 1.165) is 32.0 Å². The van der Waals surface area contributed by atoms with Crippen LogP contribution in [0.3, 0.4) is 0 Å². The molecule has 3 rings (SSSR count). The molecule has 0 amide bonds. The molecule has 0 radical (unpaired) electrons. The highest BCUT2D eigenvalue weighted by atomic mass is 19.4. The lowest BCUT2D eigenvalue weighted by molar-refractivity contribution is -0.137. The van der Waals surface area contributed by atoms with E-state index in [4.69, 9.17) is 0 Å². The SMILES string of the molecule is N#CC1(Nc2ncc(C(F)(F)F)c(NCC3CCCCN3)n2)C=CC=CN1. The minimum atomic E-state index is -4.58. The van der Waals surface area contributed by atoms with E-state index in [-0.39, 0.29) is 17.8 Å². The summed E-state index contributed by atoms with van der Waals surface area (Å²) in [6.45, 7) is 1.18. The van der Waals surface area contributed by atoms with Gasteiger partial charge in [0.2, 0.25) is 11.6 Å². The van der Waals surface area contributed by atoms with E-state index in [0.29, 0.717) is 6.54 Å². The summed E-state index contributed by atoms with van der Waals surface area (Å²) >= 11 is 0. The fourth-order valence-electron chi connectivity index (χ4n) is 2.94. The van der Waals surface area contributed by atoms with Crippen LogP contribution in [-0.2, 0) is 6.18 Å². The average Bonchev–Trinajstić information content (AvgIpc) is 2.67. The average molecular weight is 379 g/mol. The second-order valence-corrected chi connectivity index (χ2v) is 6.39. The van der Waals surface area contributed by atoms with Crippen molar-refractivity contribution in [3.8, 4) is 6.07 Å². The molecule has 0 saturated carbocycles. The van der Waals surface area contributed by atoms with Gasteiger partial charge >= 0.3 is 6.18 Å². The first-order valence-corrected chi connectivity index (χ1v) is 8.65. The van der Waals surface area contributed by atoms with Gasteiger partial charge in [-0.05, 0) is 37.7 Å². The van der Waals surface area contributed by atoms with E-state index in [1.807, 2.05) is 6.07 Å². The molecule has 0 spiro atoms. The van der Waals surface area contributed by atoms with E-state index in [2.05, 4.69) is 31.2 Å². The molecule has 1 aromatic heterocycles. The predicted molar refractivity (Wildman–Crippen MR) is 94.5 cm³/mol. The van der Waals surface area contributed by atoms with Crippen molar-refractivity contribution in [2.45, 2.75) is 37.1 Å². The van der Waals surface area contributed by atoms with Gasteiger partial charge in [0.05, 0.1) is 0 Å². The summed E-state index contributed by atoms with van der Waals surface area (Å²) in [6.07, 6.45) is 5.55. The molecular weight excluding hydrogens is 359 g/mol. The molecule has 2 atom stereocenters. The van der Waals surface area contributed by atoms with Gasteiger partial charge in [-0.2, -0.15) is 23.4 Å². The maximum Gasteiger partial charge on any atom is 0.421 e. The third-order valence-corrected chi connectivity index (χ3v) is 4.37. The zero-order chi connectivity index (χ0) is 19.3. The van der Waals surface area contributed by atoms with Crippen molar-refractivity contribution in [2.24, 2.45) is 0 Å². The predicted octanol–water partition coefficient (Wildman–Crippen LogP) is 2.35. The number of hydrogen-bond donors (Lipinski definition) is 4. The Kier molecular flexibility index (Phi) is 5.51. The molecule has 2 aliphatic rings. The Labute approximate surface area is 154 Å². The molecule has 2 unspecified atom stereocenters. The highest BCUT2D eigenvalue weighted by Crippen LogP contribution is 2.34. The first-order valence-electron chi connectivity index (χ1n) is 8.65. The summed E-state index contributed by atoms with van der Waals surface area (Å²) < 4.78 is 39.9. The Morgan fingerprint density at radius 3 is 2.81 bits per heavy atom. The molecule has 144 valence electrons. The standard InChI is InChI=1S/C17H20F3N7/c18-17(19,20)13-10-24-15(27-16(11-21)6-2-4-8-25-16)26-14(13)23-9-12-5-1-3-7-22-12/h2,4,6,8,10,12,22,25H,1,3,5,7,9H2,(H2,23,24,26,27). The Morgan fingerprint density at radius 1 is 1.33 bits per heavy atom. The Hall–Kier alpha value is -2.80. The van der Waals surface area contributed by atoms with Crippen LogP contribution in [0.2, 0.25) is 0 Å². The lowest BCUT2D eigenvalue weighted by atomic mass is 10.1. The van der Waals surface area contributed by atoms with Crippen molar-refractivity contribution in [2.75, 3.05) is 23.7 Å². The fraction of sp³-hybridized carbons (Fsp3) is 0.471. The van der Waals surface area contributed by atoms with E-state index in [9.17, 15) is 18.4 Å². The molecule has 2 aliphatic heterocycles. The number of dihydropyridines is 1. The maximum absolute atomic E-state index is 13.3. The van der Waals surface area contributed by atoms with Gasteiger partial charge in [-0.3, -0.25) is 0 Å². The van der Waals surface area contributed by atoms with E-state index >= 15 is 0 Å². The van der Waals surface area contributed by atoms with Gasteiger partial charge in [-0.1, -0.05) is 12.5 Å². The van der Waals surface area contributed by atoms with Crippen LogP contribution in [0, 0.1) is 11.3 Å². The van der Waals surface area contributed by atoms with Crippen LogP contribution in [0.4, 0.5) is 24.9 Å². The summed E-state index contributed by atoms with van der Waals surface area (Å²) in [5.74, 6) is -0.396. The van der Waals surface area contributed by atoms with Crippen molar-refractivity contribution >= 4 is 11.8 Å². The van der Waals surface area contributed by atoms with Crippen LogP contribution in [0.15, 0.2) is 30.6 Å². The normalized spacial score (nSPS) is 24.7. The first-order chi connectivity index (χ1) is 12.9. The van der Waals surface area contributed by atoms with Gasteiger partial charge in [0.1, 0.15) is 17.5 Å². The highest BCUT2D eigenvalue weighted by Gasteiger charge is 2.36. The van der Waals surface area contributed by atoms with Crippen LogP contribution in [0.1, 0.15) is 24.8 Å². The summed E-state index contributed by atoms with van der Waals surface area (Å²) in [4.78, 5) is 7.72. The fourth-order valence-corrected chi connectivity index (χ4v) is 2.94. The maximum atomic E-state index is 13.3. The second-order valence-electron chi connectivity index (χ2n) is 6.39. The van der Waals surface area contributed by atoms with Crippen molar-refractivity contribution in [3.05, 3.63) is 36.2 Å². The summed E-state index contributed by atoms with van der Waals surface area (Å²) in [5, 5.41) is 21.0. The largest absolute Gasteiger partial charge is 0.421 e. The van der Waals surface area contributed by atoms with E-state index in [1.54, 1.807) is 18.4 Å². The van der Waals surface area contributed by atoms with E-state index in [1.165, 1.54) is 6.08 Å². The molecule has 0 aliphatic carbocycles. The van der Waals surface area contributed by atoms with Gasteiger partial charge in [0, 0.05) is 18.8 Å². The number of nitrogens with one attached hydrogen (secondary N) is 4. The number of piperidine rings is 1. The van der Waals surface area contributed by atoms with Crippen LogP contribution >= 0.6 is 0 Å². The minimum Gasteiger partial charge on any atom is -0.368 e. The highest BCUT2D eigenvalue weighted by molar-refractivity contribution is 5.51. The van der Waals surface area contributed by atoms with Gasteiger partial charge in [-0.15, -0.1) is 0 Å². The van der Waals surface area contributed by atoms with Gasteiger partial charge in [-0.25, -0.2) is 4.98 Å². The van der Waals surface area contributed by atoms with Gasteiger partial charge in [0.25, 0.3) is 0 Å². The van der Waals surface area contributed by atoms with E-state index < -0.39 is 17.4 Å². The number of halogens is 3.